The molecule has 106 valence electrons. The number of halogens is 1. The molecule has 0 radical (unpaired) electrons. The number of amides is 2. The molecule has 2 amide bonds. The zero-order valence-corrected chi connectivity index (χ0v) is 12.2. The molecule has 2 aromatic rings. The van der Waals surface area contributed by atoms with Crippen LogP contribution in [-0.4, -0.2) is 27.5 Å². The average Bonchev–Trinajstić information content (AvgIpc) is 2.46. The van der Waals surface area contributed by atoms with Crippen LogP contribution in [-0.2, 0) is 4.79 Å². The number of rotatable bonds is 2. The van der Waals surface area contributed by atoms with E-state index in [0.29, 0.717) is 17.1 Å². The molecule has 2 N–H and O–H groups in total. The Bertz CT molecular complexity index is 738. The molecular weight excluding hydrogens is 312 g/mol. The minimum Gasteiger partial charge on any atom is -0.324 e. The summed E-state index contributed by atoms with van der Waals surface area (Å²) in [7, 11) is 0. The van der Waals surface area contributed by atoms with E-state index in [1.54, 1.807) is 12.1 Å². The third-order valence-electron chi connectivity index (χ3n) is 2.71. The third kappa shape index (κ3) is 3.14. The number of fused-ring (bicyclic) bond motifs is 1. The fourth-order valence-corrected chi connectivity index (χ4v) is 2.74. The summed E-state index contributed by atoms with van der Waals surface area (Å²) in [5.41, 5.74) is 1.37. The second-order valence-corrected chi connectivity index (χ2v) is 5.63. The molecule has 1 aliphatic heterocycles. The van der Waals surface area contributed by atoms with Crippen molar-refractivity contribution < 1.29 is 9.59 Å². The van der Waals surface area contributed by atoms with Crippen LogP contribution < -0.4 is 10.6 Å². The quantitative estimate of drug-likeness (QED) is 0.887. The number of anilines is 2. The van der Waals surface area contributed by atoms with Crippen LogP contribution in [0.15, 0.2) is 35.5 Å². The monoisotopic (exact) mass is 320 g/mol. The van der Waals surface area contributed by atoms with Crippen LogP contribution in [0.1, 0.15) is 10.5 Å². The fourth-order valence-electron chi connectivity index (χ4n) is 1.81. The van der Waals surface area contributed by atoms with Gasteiger partial charge >= 0.3 is 0 Å². The van der Waals surface area contributed by atoms with Crippen LogP contribution in [0.5, 0.6) is 0 Å². The van der Waals surface area contributed by atoms with Crippen molar-refractivity contribution in [3.8, 4) is 0 Å². The van der Waals surface area contributed by atoms with Gasteiger partial charge in [0.15, 0.2) is 0 Å². The van der Waals surface area contributed by atoms with E-state index in [1.165, 1.54) is 24.2 Å². The minimum atomic E-state index is -0.417. The van der Waals surface area contributed by atoms with Gasteiger partial charge in [-0.2, -0.15) is 0 Å². The average molecular weight is 321 g/mol. The highest BCUT2D eigenvalue weighted by Crippen LogP contribution is 2.33. The van der Waals surface area contributed by atoms with Gasteiger partial charge in [-0.15, -0.1) is 11.8 Å². The van der Waals surface area contributed by atoms with Crippen LogP contribution in [0, 0.1) is 0 Å². The van der Waals surface area contributed by atoms with Gasteiger partial charge in [0.2, 0.25) is 5.91 Å². The van der Waals surface area contributed by atoms with E-state index < -0.39 is 5.91 Å². The van der Waals surface area contributed by atoms with Gasteiger partial charge in [0.05, 0.1) is 23.8 Å². The van der Waals surface area contributed by atoms with Crippen molar-refractivity contribution in [1.29, 1.82) is 0 Å². The molecule has 0 saturated carbocycles. The van der Waals surface area contributed by atoms with E-state index in [0.717, 1.165) is 4.90 Å². The smallest absolute Gasteiger partial charge is 0.275 e. The van der Waals surface area contributed by atoms with Gasteiger partial charge in [0, 0.05) is 10.6 Å². The minimum absolute atomic E-state index is 0.0586. The molecule has 6 nitrogen and oxygen atoms in total. The molecule has 1 aliphatic rings. The molecule has 0 spiro atoms. The maximum Gasteiger partial charge on any atom is 0.275 e. The largest absolute Gasteiger partial charge is 0.324 e. The first-order valence-electron chi connectivity index (χ1n) is 5.97. The molecule has 0 saturated heterocycles. The first-order valence-corrected chi connectivity index (χ1v) is 7.34. The summed E-state index contributed by atoms with van der Waals surface area (Å²) in [6, 6.07) is 5.31. The highest BCUT2D eigenvalue weighted by Gasteiger charge is 2.16. The number of aromatic nitrogens is 2. The van der Waals surface area contributed by atoms with Crippen molar-refractivity contribution in [3.05, 3.63) is 41.4 Å². The van der Waals surface area contributed by atoms with E-state index in [2.05, 4.69) is 20.6 Å². The van der Waals surface area contributed by atoms with E-state index in [4.69, 9.17) is 11.6 Å². The summed E-state index contributed by atoms with van der Waals surface area (Å²) in [6.45, 7) is 0. The summed E-state index contributed by atoms with van der Waals surface area (Å²) in [6.07, 6.45) is 2.68. The Morgan fingerprint density at radius 1 is 1.38 bits per heavy atom. The van der Waals surface area contributed by atoms with Crippen LogP contribution in [0.3, 0.4) is 0 Å². The van der Waals surface area contributed by atoms with Crippen molar-refractivity contribution in [3.63, 3.8) is 0 Å². The molecule has 0 fully saturated rings. The molecule has 3 rings (SSSR count). The zero-order valence-electron chi connectivity index (χ0n) is 10.6. The van der Waals surface area contributed by atoms with Gasteiger partial charge in [-0.25, -0.2) is 4.98 Å². The van der Waals surface area contributed by atoms with Crippen molar-refractivity contribution in [2.75, 3.05) is 16.4 Å². The summed E-state index contributed by atoms with van der Waals surface area (Å²) < 4.78 is 0. The standard InChI is InChI=1S/C13H9ClN4O2S/c14-11-5-15-4-9(17-11)13(20)16-7-1-2-10-8(3-7)18-12(19)6-21-10/h1-5H,6H2,(H,16,20)(H,18,19). The van der Waals surface area contributed by atoms with E-state index in [-0.39, 0.29) is 16.8 Å². The van der Waals surface area contributed by atoms with Gasteiger partial charge < -0.3 is 10.6 Å². The van der Waals surface area contributed by atoms with Crippen LogP contribution in [0.2, 0.25) is 5.15 Å². The Hall–Kier alpha value is -2.12. The molecule has 1 aromatic carbocycles. The molecule has 2 heterocycles. The Morgan fingerprint density at radius 2 is 2.24 bits per heavy atom. The zero-order chi connectivity index (χ0) is 14.8. The number of hydrogen-bond acceptors (Lipinski definition) is 5. The lowest BCUT2D eigenvalue weighted by atomic mass is 10.2. The van der Waals surface area contributed by atoms with Crippen molar-refractivity contribution in [2.24, 2.45) is 0 Å². The van der Waals surface area contributed by atoms with Crippen molar-refractivity contribution in [1.82, 2.24) is 9.97 Å². The predicted octanol–water partition coefficient (Wildman–Crippen LogP) is 2.43. The summed E-state index contributed by atoms with van der Waals surface area (Å²) in [4.78, 5) is 32.1. The summed E-state index contributed by atoms with van der Waals surface area (Å²) in [5.74, 6) is -0.0759. The van der Waals surface area contributed by atoms with Gasteiger partial charge in [0.1, 0.15) is 10.8 Å². The second-order valence-electron chi connectivity index (χ2n) is 4.23. The van der Waals surface area contributed by atoms with Gasteiger partial charge in [-0.3, -0.25) is 14.6 Å². The molecule has 0 unspecified atom stereocenters. The normalized spacial score (nSPS) is 13.3. The van der Waals surface area contributed by atoms with E-state index in [9.17, 15) is 9.59 Å². The van der Waals surface area contributed by atoms with E-state index >= 15 is 0 Å². The molecule has 0 atom stereocenters. The van der Waals surface area contributed by atoms with Gasteiger partial charge in [0.25, 0.3) is 5.91 Å². The molecule has 21 heavy (non-hydrogen) atoms. The fraction of sp³-hybridized carbons (Fsp3) is 0.0769. The summed E-state index contributed by atoms with van der Waals surface area (Å²) >= 11 is 7.16. The van der Waals surface area contributed by atoms with Crippen molar-refractivity contribution in [2.45, 2.75) is 4.90 Å². The number of thioether (sulfide) groups is 1. The number of nitrogens with one attached hydrogen (secondary N) is 2. The molecular formula is C13H9ClN4O2S. The van der Waals surface area contributed by atoms with Crippen LogP contribution >= 0.6 is 23.4 Å². The SMILES string of the molecule is O=C1CSc2ccc(NC(=O)c3cncc(Cl)n3)cc2N1. The lowest BCUT2D eigenvalue weighted by Gasteiger charge is -2.17. The van der Waals surface area contributed by atoms with Gasteiger partial charge in [-0.1, -0.05) is 11.6 Å². The number of hydrogen-bond donors (Lipinski definition) is 2. The lowest BCUT2D eigenvalue weighted by molar-refractivity contribution is -0.113. The Morgan fingerprint density at radius 3 is 3.05 bits per heavy atom. The summed E-state index contributed by atoms with van der Waals surface area (Å²) in [5, 5.41) is 5.60. The maximum atomic E-state index is 12.0. The molecule has 1 aromatic heterocycles. The third-order valence-corrected chi connectivity index (χ3v) is 3.96. The first-order chi connectivity index (χ1) is 10.1. The highest BCUT2D eigenvalue weighted by atomic mass is 35.5. The molecule has 0 bridgehead atoms. The maximum absolute atomic E-state index is 12.0. The van der Waals surface area contributed by atoms with Crippen LogP contribution in [0.4, 0.5) is 11.4 Å². The van der Waals surface area contributed by atoms with Crippen LogP contribution in [0.25, 0.3) is 0 Å². The first kappa shape index (κ1) is 13.8. The number of carbonyl (C=O) groups excluding carboxylic acids is 2. The van der Waals surface area contributed by atoms with Gasteiger partial charge in [-0.05, 0) is 18.2 Å². The molecule has 0 aliphatic carbocycles. The van der Waals surface area contributed by atoms with E-state index in [1.807, 2.05) is 6.07 Å². The highest BCUT2D eigenvalue weighted by molar-refractivity contribution is 8.00. The topological polar surface area (TPSA) is 84.0 Å². The molecule has 8 heteroatoms. The second kappa shape index (κ2) is 5.71. The van der Waals surface area contributed by atoms with Crippen molar-refractivity contribution >= 4 is 46.6 Å². The predicted molar refractivity (Wildman–Crippen MR) is 80.8 cm³/mol. The Kier molecular flexibility index (Phi) is 3.76. The number of carbonyl (C=O) groups is 2. The number of benzene rings is 1. The lowest BCUT2D eigenvalue weighted by Crippen LogP contribution is -2.19. The number of nitrogens with zero attached hydrogens (tertiary/aromatic N) is 2. The Balaban J connectivity index is 1.80. The Labute approximate surface area is 129 Å².